The van der Waals surface area contributed by atoms with Gasteiger partial charge in [0.1, 0.15) is 12.2 Å². The van der Waals surface area contributed by atoms with Crippen LogP contribution in [0.3, 0.4) is 0 Å². The van der Waals surface area contributed by atoms with Crippen LogP contribution >= 0.6 is 0 Å². The van der Waals surface area contributed by atoms with Gasteiger partial charge in [0, 0.05) is 16.7 Å². The van der Waals surface area contributed by atoms with Crippen LogP contribution in [0.1, 0.15) is 46.0 Å². The van der Waals surface area contributed by atoms with Crippen molar-refractivity contribution in [1.82, 2.24) is 0 Å². The van der Waals surface area contributed by atoms with Crippen molar-refractivity contribution in [3.8, 4) is 0 Å². The zero-order chi connectivity index (χ0) is 22.1. The average Bonchev–Trinajstić information content (AvgIpc) is 2.91. The Hall–Kier alpha value is -1.39. The largest absolute Gasteiger partial charge is 0.397 e. The molecule has 0 aromatic heterocycles. The van der Waals surface area contributed by atoms with Gasteiger partial charge in [-0.25, -0.2) is 4.18 Å². The molecule has 166 valence electrons. The summed E-state index contributed by atoms with van der Waals surface area (Å²) < 4.78 is 34.8. The van der Waals surface area contributed by atoms with Crippen molar-refractivity contribution in [1.29, 1.82) is 0 Å². The van der Waals surface area contributed by atoms with E-state index in [2.05, 4.69) is 4.18 Å². The molecular formula is C21H28O8S. The normalized spacial score (nSPS) is 45.4. The number of aliphatic hydroxyl groups is 2. The molecule has 4 aliphatic carbocycles. The molecule has 30 heavy (non-hydrogen) atoms. The van der Waals surface area contributed by atoms with Crippen molar-refractivity contribution < 1.29 is 37.0 Å². The van der Waals surface area contributed by atoms with Gasteiger partial charge in [-0.2, -0.15) is 8.42 Å². The number of carbonyl (C=O) groups excluding carboxylic acids is 2. The van der Waals surface area contributed by atoms with Crippen LogP contribution in [0.2, 0.25) is 0 Å². The SMILES string of the molecule is C[C@]12C=CC(=O)C=C1CC[C@@H]1[C@@H]2C(O)C[C@@]2(C)[C@H]1CC[C@]2(O)C(=O)COS(=O)(=O)O. The van der Waals surface area contributed by atoms with Gasteiger partial charge in [0.05, 0.1) is 6.10 Å². The monoisotopic (exact) mass is 440 g/mol. The maximum absolute atomic E-state index is 12.8. The lowest BCUT2D eigenvalue weighted by atomic mass is 9.46. The van der Waals surface area contributed by atoms with Crippen LogP contribution < -0.4 is 0 Å². The Bertz CT molecular complexity index is 952. The molecule has 0 bridgehead atoms. The van der Waals surface area contributed by atoms with Gasteiger partial charge in [0.2, 0.25) is 0 Å². The number of aliphatic hydroxyl groups excluding tert-OH is 1. The molecule has 3 N–H and O–H groups in total. The summed E-state index contributed by atoms with van der Waals surface area (Å²) >= 11 is 0. The molecule has 3 fully saturated rings. The summed E-state index contributed by atoms with van der Waals surface area (Å²) in [6.45, 7) is 2.87. The molecule has 0 heterocycles. The average molecular weight is 441 g/mol. The van der Waals surface area contributed by atoms with Crippen molar-refractivity contribution in [2.75, 3.05) is 6.61 Å². The third-order valence-electron chi connectivity index (χ3n) is 8.45. The summed E-state index contributed by atoms with van der Waals surface area (Å²) in [6, 6.07) is 0. The quantitative estimate of drug-likeness (QED) is 0.558. The second kappa shape index (κ2) is 6.80. The van der Waals surface area contributed by atoms with Crippen LogP contribution in [0.5, 0.6) is 0 Å². The molecule has 1 unspecified atom stereocenters. The van der Waals surface area contributed by atoms with Gasteiger partial charge in [-0.05, 0) is 56.1 Å². The van der Waals surface area contributed by atoms with E-state index in [0.29, 0.717) is 12.8 Å². The van der Waals surface area contributed by atoms with E-state index in [1.807, 2.05) is 13.0 Å². The molecular weight excluding hydrogens is 412 g/mol. The Labute approximate surface area is 175 Å². The number of ketones is 2. The fourth-order valence-corrected chi connectivity index (χ4v) is 7.29. The van der Waals surface area contributed by atoms with E-state index >= 15 is 0 Å². The molecule has 0 aliphatic heterocycles. The number of carbonyl (C=O) groups is 2. The van der Waals surface area contributed by atoms with E-state index < -0.39 is 45.3 Å². The Balaban J connectivity index is 1.66. The number of rotatable bonds is 4. The first kappa shape index (κ1) is 21.8. The van der Waals surface area contributed by atoms with Crippen molar-refractivity contribution in [3.63, 3.8) is 0 Å². The van der Waals surface area contributed by atoms with E-state index in [9.17, 15) is 28.2 Å². The summed E-state index contributed by atoms with van der Waals surface area (Å²) in [5.74, 6) is -0.984. The first-order valence-corrected chi connectivity index (χ1v) is 11.7. The van der Waals surface area contributed by atoms with Gasteiger partial charge in [-0.3, -0.25) is 14.1 Å². The highest BCUT2D eigenvalue weighted by Gasteiger charge is 2.68. The lowest BCUT2D eigenvalue weighted by molar-refractivity contribution is -0.178. The van der Waals surface area contributed by atoms with Crippen molar-refractivity contribution in [3.05, 3.63) is 23.8 Å². The van der Waals surface area contributed by atoms with E-state index in [0.717, 1.165) is 12.0 Å². The fourth-order valence-electron chi connectivity index (χ4n) is 7.04. The Morgan fingerprint density at radius 2 is 2.00 bits per heavy atom. The van der Waals surface area contributed by atoms with E-state index in [-0.39, 0.29) is 36.4 Å². The van der Waals surface area contributed by atoms with E-state index in [1.165, 1.54) is 0 Å². The van der Waals surface area contributed by atoms with Crippen molar-refractivity contribution in [2.45, 2.75) is 57.7 Å². The van der Waals surface area contributed by atoms with Crippen molar-refractivity contribution >= 4 is 22.0 Å². The topological polar surface area (TPSA) is 138 Å². The summed E-state index contributed by atoms with van der Waals surface area (Å²) in [4.78, 5) is 24.6. The first-order valence-electron chi connectivity index (χ1n) is 10.3. The van der Waals surface area contributed by atoms with Gasteiger partial charge >= 0.3 is 10.4 Å². The van der Waals surface area contributed by atoms with Crippen LogP contribution in [0.15, 0.2) is 23.8 Å². The predicted octanol–water partition coefficient (Wildman–Crippen LogP) is 1.38. The number of allylic oxidation sites excluding steroid dienone is 4. The van der Waals surface area contributed by atoms with Crippen LogP contribution in [0.4, 0.5) is 0 Å². The highest BCUT2D eigenvalue weighted by atomic mass is 32.3. The van der Waals surface area contributed by atoms with Gasteiger partial charge < -0.3 is 10.2 Å². The Morgan fingerprint density at radius 1 is 1.30 bits per heavy atom. The molecule has 4 aliphatic rings. The van der Waals surface area contributed by atoms with Gasteiger partial charge in [-0.1, -0.05) is 25.5 Å². The molecule has 0 saturated heterocycles. The van der Waals surface area contributed by atoms with Crippen LogP contribution in [0.25, 0.3) is 0 Å². The smallest absolute Gasteiger partial charge is 0.393 e. The first-order chi connectivity index (χ1) is 13.8. The summed E-state index contributed by atoms with van der Waals surface area (Å²) in [5.41, 5.74) is -2.22. The van der Waals surface area contributed by atoms with Crippen molar-refractivity contribution in [2.24, 2.45) is 28.6 Å². The number of hydrogen-bond acceptors (Lipinski definition) is 7. The van der Waals surface area contributed by atoms with Crippen LogP contribution in [0, 0.1) is 28.6 Å². The molecule has 4 rings (SSSR count). The van der Waals surface area contributed by atoms with E-state index in [4.69, 9.17) is 4.55 Å². The highest BCUT2D eigenvalue weighted by Crippen LogP contribution is 2.67. The third-order valence-corrected chi connectivity index (χ3v) is 8.86. The molecule has 0 amide bonds. The molecule has 0 spiro atoms. The Kier molecular flexibility index (Phi) is 4.95. The van der Waals surface area contributed by atoms with E-state index in [1.54, 1.807) is 19.1 Å². The summed E-state index contributed by atoms with van der Waals surface area (Å²) in [5, 5.41) is 22.6. The minimum absolute atomic E-state index is 0.0445. The molecule has 0 aromatic rings. The second-order valence-electron chi connectivity index (χ2n) is 9.72. The van der Waals surface area contributed by atoms with Gasteiger partial charge in [0.15, 0.2) is 11.6 Å². The van der Waals surface area contributed by atoms with Gasteiger partial charge in [0.25, 0.3) is 0 Å². The standard InChI is InChI=1S/C21H28O8S/c1-19-7-5-13(22)9-12(19)3-4-14-15-6-8-21(25,17(24)11-29-30(26,27)28)20(15,2)10-16(23)18(14)19/h5,7,9,14-16,18,23,25H,3-4,6,8,10-11H2,1-2H3,(H,26,27,28)/t14-,15-,16?,18+,19-,20-,21-/m0/s1. The summed E-state index contributed by atoms with van der Waals surface area (Å²) in [7, 11) is -4.80. The number of Topliss-reactive ketones (excluding diaryl/α,β-unsaturated/α-hetero) is 1. The molecule has 7 atom stereocenters. The summed E-state index contributed by atoms with van der Waals surface area (Å²) in [6.07, 6.45) is 6.65. The molecule has 0 radical (unpaired) electrons. The zero-order valence-corrected chi connectivity index (χ0v) is 17.9. The maximum Gasteiger partial charge on any atom is 0.397 e. The van der Waals surface area contributed by atoms with Gasteiger partial charge in [-0.15, -0.1) is 0 Å². The minimum atomic E-state index is -4.80. The van der Waals surface area contributed by atoms with Crippen LogP contribution in [-0.2, 0) is 24.2 Å². The lowest BCUT2D eigenvalue weighted by Gasteiger charge is -2.59. The molecule has 3 saturated carbocycles. The molecule has 8 nitrogen and oxygen atoms in total. The zero-order valence-electron chi connectivity index (χ0n) is 17.1. The highest BCUT2D eigenvalue weighted by molar-refractivity contribution is 7.80. The molecule has 9 heteroatoms. The second-order valence-corrected chi connectivity index (χ2v) is 10.8. The predicted molar refractivity (Wildman–Crippen MR) is 105 cm³/mol. The Morgan fingerprint density at radius 3 is 2.67 bits per heavy atom. The number of fused-ring (bicyclic) bond motifs is 5. The molecule has 0 aromatic carbocycles. The van der Waals surface area contributed by atoms with Crippen LogP contribution in [-0.4, -0.2) is 53.1 Å². The number of hydrogen-bond donors (Lipinski definition) is 3. The lowest BCUT2D eigenvalue weighted by Crippen LogP contribution is -2.61. The maximum atomic E-state index is 12.8. The third kappa shape index (κ3) is 3.05. The minimum Gasteiger partial charge on any atom is -0.393 e. The fraction of sp³-hybridized carbons (Fsp3) is 0.714.